The number of rotatable bonds is 4. The van der Waals surface area contributed by atoms with Gasteiger partial charge in [-0.2, -0.15) is 5.10 Å². The Morgan fingerprint density at radius 1 is 1.00 bits per heavy atom. The molecule has 20 heavy (non-hydrogen) atoms. The van der Waals surface area contributed by atoms with Crippen molar-refractivity contribution in [2.24, 2.45) is 5.10 Å². The fraction of sp³-hybridized carbons (Fsp3) is 0.133. The largest absolute Gasteiger partial charge is 0.388 e. The molecule has 0 bridgehead atoms. The highest BCUT2D eigenvalue weighted by atomic mass is 35.5. The summed E-state index contributed by atoms with van der Waals surface area (Å²) in [5.74, 6) is 0. The highest BCUT2D eigenvalue weighted by Crippen LogP contribution is 2.21. The van der Waals surface area contributed by atoms with E-state index < -0.39 is 0 Å². The van der Waals surface area contributed by atoms with Crippen LogP contribution in [-0.2, 0) is 0 Å². The quantitative estimate of drug-likeness (QED) is 0.624. The molecule has 3 nitrogen and oxygen atoms in total. The van der Waals surface area contributed by atoms with E-state index in [-0.39, 0.29) is 0 Å². The first-order valence-electron chi connectivity index (χ1n) is 6.13. The van der Waals surface area contributed by atoms with Crippen LogP contribution in [0.5, 0.6) is 0 Å². The maximum Gasteiger partial charge on any atom is 0.0669 e. The van der Waals surface area contributed by atoms with Gasteiger partial charge in [-0.15, -0.1) is 0 Å². The van der Waals surface area contributed by atoms with Crippen molar-refractivity contribution in [3.05, 3.63) is 58.1 Å². The summed E-state index contributed by atoms with van der Waals surface area (Å²) in [6.45, 7) is 1.93. The highest BCUT2D eigenvalue weighted by Gasteiger charge is 2.05. The first-order chi connectivity index (χ1) is 9.60. The highest BCUT2D eigenvalue weighted by molar-refractivity contribution is 6.31. The van der Waals surface area contributed by atoms with Gasteiger partial charge in [-0.25, -0.2) is 0 Å². The molecule has 0 fully saturated rings. The van der Waals surface area contributed by atoms with Crippen LogP contribution in [0, 0.1) is 0 Å². The topological polar surface area (TPSA) is 36.4 Å². The van der Waals surface area contributed by atoms with Crippen LogP contribution >= 0.6 is 23.2 Å². The summed E-state index contributed by atoms with van der Waals surface area (Å²) in [6.07, 6.45) is 0. The summed E-state index contributed by atoms with van der Waals surface area (Å²) in [4.78, 5) is 0. The monoisotopic (exact) mass is 307 g/mol. The molecule has 0 amide bonds. The van der Waals surface area contributed by atoms with Gasteiger partial charge in [0.1, 0.15) is 0 Å². The molecule has 0 saturated heterocycles. The molecule has 0 radical (unpaired) electrons. The Balaban J connectivity index is 2.22. The van der Waals surface area contributed by atoms with Gasteiger partial charge in [0.2, 0.25) is 0 Å². The third kappa shape index (κ3) is 3.65. The van der Waals surface area contributed by atoms with Crippen molar-refractivity contribution in [3.63, 3.8) is 0 Å². The van der Waals surface area contributed by atoms with Crippen LogP contribution in [0.4, 0.5) is 11.4 Å². The minimum absolute atomic E-state index is 0.681. The summed E-state index contributed by atoms with van der Waals surface area (Å²) in [6, 6.07) is 13.0. The normalized spacial score (nSPS) is 11.3. The Morgan fingerprint density at radius 3 is 2.30 bits per heavy atom. The first kappa shape index (κ1) is 14.7. The van der Waals surface area contributed by atoms with Crippen LogP contribution in [0.1, 0.15) is 12.5 Å². The van der Waals surface area contributed by atoms with Crippen LogP contribution in [0.15, 0.2) is 47.6 Å². The lowest BCUT2D eigenvalue weighted by Crippen LogP contribution is -2.04. The van der Waals surface area contributed by atoms with E-state index in [1.165, 1.54) is 0 Å². The summed E-state index contributed by atoms with van der Waals surface area (Å²) in [7, 11) is 1.87. The number of nitrogens with zero attached hydrogens (tertiary/aromatic N) is 1. The van der Waals surface area contributed by atoms with Crippen molar-refractivity contribution in [1.29, 1.82) is 0 Å². The SMILES string of the molecule is CNc1ccc(Cl)cc1/C(C)=N/Nc1ccc(Cl)cc1. The van der Waals surface area contributed by atoms with Gasteiger partial charge in [-0.1, -0.05) is 23.2 Å². The van der Waals surface area contributed by atoms with Crippen LogP contribution in [0.2, 0.25) is 10.0 Å². The smallest absolute Gasteiger partial charge is 0.0669 e. The molecular formula is C15H15Cl2N3. The Labute approximate surface area is 128 Å². The third-order valence-corrected chi connectivity index (χ3v) is 3.32. The molecule has 0 aliphatic heterocycles. The van der Waals surface area contributed by atoms with Gasteiger partial charge in [0.05, 0.1) is 11.4 Å². The second-order valence-electron chi connectivity index (χ2n) is 4.26. The van der Waals surface area contributed by atoms with Gasteiger partial charge in [0, 0.05) is 28.3 Å². The molecule has 0 aromatic heterocycles. The van der Waals surface area contributed by atoms with E-state index in [0.717, 1.165) is 22.6 Å². The molecule has 0 unspecified atom stereocenters. The van der Waals surface area contributed by atoms with E-state index in [1.54, 1.807) is 0 Å². The van der Waals surface area contributed by atoms with Gasteiger partial charge in [-0.05, 0) is 49.4 Å². The van der Waals surface area contributed by atoms with E-state index >= 15 is 0 Å². The molecule has 0 atom stereocenters. The number of hydrogen-bond donors (Lipinski definition) is 2. The lowest BCUT2D eigenvalue weighted by atomic mass is 10.1. The molecule has 2 rings (SSSR count). The van der Waals surface area contributed by atoms with Gasteiger partial charge in [0.15, 0.2) is 0 Å². The van der Waals surface area contributed by atoms with Crippen LogP contribution in [-0.4, -0.2) is 12.8 Å². The predicted octanol–water partition coefficient (Wildman–Crippen LogP) is 4.87. The molecule has 2 aromatic rings. The molecule has 2 N–H and O–H groups in total. The molecule has 104 valence electrons. The van der Waals surface area contributed by atoms with Gasteiger partial charge in [-0.3, -0.25) is 5.43 Å². The summed E-state index contributed by atoms with van der Waals surface area (Å²) < 4.78 is 0. The van der Waals surface area contributed by atoms with E-state index in [1.807, 2.05) is 56.4 Å². The maximum atomic E-state index is 6.03. The zero-order valence-electron chi connectivity index (χ0n) is 11.2. The minimum Gasteiger partial charge on any atom is -0.388 e. The Kier molecular flexibility index (Phi) is 4.88. The van der Waals surface area contributed by atoms with E-state index in [4.69, 9.17) is 23.2 Å². The molecule has 0 spiro atoms. The molecule has 0 saturated carbocycles. The van der Waals surface area contributed by atoms with Crippen molar-refractivity contribution in [1.82, 2.24) is 0 Å². The molecule has 2 aromatic carbocycles. The Hall–Kier alpha value is -1.71. The average Bonchev–Trinajstić information content (AvgIpc) is 2.46. The Morgan fingerprint density at radius 2 is 1.65 bits per heavy atom. The summed E-state index contributed by atoms with van der Waals surface area (Å²) in [5.41, 5.74) is 6.66. The zero-order chi connectivity index (χ0) is 14.5. The number of halogens is 2. The average molecular weight is 308 g/mol. The van der Waals surface area contributed by atoms with Crippen molar-refractivity contribution in [2.45, 2.75) is 6.92 Å². The molecule has 0 aliphatic carbocycles. The number of hydrazone groups is 1. The maximum absolute atomic E-state index is 6.03. The number of hydrogen-bond acceptors (Lipinski definition) is 3. The second-order valence-corrected chi connectivity index (χ2v) is 5.13. The molecule has 0 heterocycles. The molecule has 5 heteroatoms. The van der Waals surface area contributed by atoms with E-state index in [2.05, 4.69) is 15.8 Å². The van der Waals surface area contributed by atoms with Crippen molar-refractivity contribution in [3.8, 4) is 0 Å². The zero-order valence-corrected chi connectivity index (χ0v) is 12.8. The first-order valence-corrected chi connectivity index (χ1v) is 6.89. The van der Waals surface area contributed by atoms with Crippen molar-refractivity contribution in [2.75, 3.05) is 17.8 Å². The minimum atomic E-state index is 0.681. The predicted molar refractivity (Wildman–Crippen MR) is 88.3 cm³/mol. The fourth-order valence-corrected chi connectivity index (χ4v) is 2.06. The third-order valence-electron chi connectivity index (χ3n) is 2.84. The van der Waals surface area contributed by atoms with Crippen molar-refractivity contribution >= 4 is 40.3 Å². The molecular weight excluding hydrogens is 293 g/mol. The summed E-state index contributed by atoms with van der Waals surface area (Å²) in [5, 5.41) is 8.87. The van der Waals surface area contributed by atoms with Gasteiger partial charge >= 0.3 is 0 Å². The van der Waals surface area contributed by atoms with Gasteiger partial charge in [0.25, 0.3) is 0 Å². The van der Waals surface area contributed by atoms with Crippen LogP contribution in [0.3, 0.4) is 0 Å². The standard InChI is InChI=1S/C15H15Cl2N3/c1-10(14-9-12(17)5-8-15(14)18-2)19-20-13-6-3-11(16)4-7-13/h3-9,18,20H,1-2H3/b19-10+. The van der Waals surface area contributed by atoms with E-state index in [9.17, 15) is 0 Å². The van der Waals surface area contributed by atoms with Gasteiger partial charge < -0.3 is 5.32 Å². The molecule has 0 aliphatic rings. The lowest BCUT2D eigenvalue weighted by Gasteiger charge is -2.10. The summed E-state index contributed by atoms with van der Waals surface area (Å²) >= 11 is 11.9. The number of benzene rings is 2. The fourth-order valence-electron chi connectivity index (χ4n) is 1.77. The number of anilines is 2. The van der Waals surface area contributed by atoms with Crippen LogP contribution in [0.25, 0.3) is 0 Å². The lowest BCUT2D eigenvalue weighted by molar-refractivity contribution is 1.32. The van der Waals surface area contributed by atoms with Crippen LogP contribution < -0.4 is 10.7 Å². The van der Waals surface area contributed by atoms with E-state index in [0.29, 0.717) is 10.0 Å². The second kappa shape index (κ2) is 6.64. The van der Waals surface area contributed by atoms with Crippen molar-refractivity contribution < 1.29 is 0 Å². The number of nitrogens with one attached hydrogen (secondary N) is 2. The Bertz CT molecular complexity index is 622.